The molecule has 1 N–H and O–H groups in total. The molecule has 0 fully saturated rings. The van der Waals surface area contributed by atoms with Crippen LogP contribution in [0.2, 0.25) is 0 Å². The van der Waals surface area contributed by atoms with Crippen LogP contribution < -0.4 is 5.32 Å². The highest BCUT2D eigenvalue weighted by Crippen LogP contribution is 2.20. The Bertz CT molecular complexity index is 878. The van der Waals surface area contributed by atoms with E-state index in [9.17, 15) is 22.8 Å². The van der Waals surface area contributed by atoms with Crippen molar-refractivity contribution in [1.29, 1.82) is 5.26 Å². The van der Waals surface area contributed by atoms with Gasteiger partial charge in [-0.3, -0.25) is 4.79 Å². The molecule has 0 aromatic heterocycles. The minimum Gasteiger partial charge on any atom is -0.449 e. The van der Waals surface area contributed by atoms with Crippen molar-refractivity contribution >= 4 is 17.6 Å². The van der Waals surface area contributed by atoms with E-state index in [4.69, 9.17) is 10.00 Å². The summed E-state index contributed by atoms with van der Waals surface area (Å²) in [5.41, 5.74) is -0.300. The molecule has 0 spiro atoms. The van der Waals surface area contributed by atoms with Gasteiger partial charge in [0.15, 0.2) is 23.6 Å². The molecule has 8 heteroatoms. The predicted octanol–water partition coefficient (Wildman–Crippen LogP) is 3.16. The molecule has 0 aliphatic rings. The molecule has 0 radical (unpaired) electrons. The topological polar surface area (TPSA) is 79.2 Å². The average molecular weight is 348 g/mol. The molecule has 128 valence electrons. The molecule has 5 nitrogen and oxygen atoms in total. The normalized spacial score (nSPS) is 11.3. The van der Waals surface area contributed by atoms with E-state index in [0.717, 1.165) is 6.07 Å². The average Bonchev–Trinajstić information content (AvgIpc) is 2.62. The number of amides is 1. The maximum atomic E-state index is 13.5. The van der Waals surface area contributed by atoms with Gasteiger partial charge in [0.25, 0.3) is 5.91 Å². The van der Waals surface area contributed by atoms with Crippen LogP contribution in [0, 0.1) is 28.8 Å². The summed E-state index contributed by atoms with van der Waals surface area (Å²) < 4.78 is 44.4. The van der Waals surface area contributed by atoms with E-state index >= 15 is 0 Å². The fraction of sp³-hybridized carbons (Fsp3) is 0.118. The van der Waals surface area contributed by atoms with Crippen LogP contribution in [-0.4, -0.2) is 18.0 Å². The van der Waals surface area contributed by atoms with Crippen LogP contribution in [0.25, 0.3) is 0 Å². The molecule has 0 aliphatic heterocycles. The quantitative estimate of drug-likeness (QED) is 0.680. The summed E-state index contributed by atoms with van der Waals surface area (Å²) in [5, 5.41) is 10.8. The molecule has 2 rings (SSSR count). The Labute approximate surface area is 140 Å². The van der Waals surface area contributed by atoms with Crippen LogP contribution >= 0.6 is 0 Å². The molecule has 0 heterocycles. The lowest BCUT2D eigenvalue weighted by molar-refractivity contribution is -0.123. The molecule has 2 aromatic rings. The van der Waals surface area contributed by atoms with Gasteiger partial charge < -0.3 is 10.1 Å². The summed E-state index contributed by atoms with van der Waals surface area (Å²) in [6, 6.07) is 8.97. The molecule has 0 aliphatic carbocycles. The largest absolute Gasteiger partial charge is 0.449 e. The lowest BCUT2D eigenvalue weighted by Crippen LogP contribution is -2.30. The van der Waals surface area contributed by atoms with Gasteiger partial charge in [-0.2, -0.15) is 5.26 Å². The Morgan fingerprint density at radius 2 is 1.88 bits per heavy atom. The van der Waals surface area contributed by atoms with Crippen molar-refractivity contribution in [2.75, 3.05) is 5.32 Å². The van der Waals surface area contributed by atoms with Crippen LogP contribution in [0.5, 0.6) is 0 Å². The number of hydrogen-bond donors (Lipinski definition) is 1. The van der Waals surface area contributed by atoms with Gasteiger partial charge in [0.1, 0.15) is 0 Å². The lowest BCUT2D eigenvalue weighted by atomic mass is 10.1. The van der Waals surface area contributed by atoms with Gasteiger partial charge in [-0.1, -0.05) is 6.07 Å². The summed E-state index contributed by atoms with van der Waals surface area (Å²) in [5.74, 6) is -6.49. The number of halogens is 3. The van der Waals surface area contributed by atoms with Crippen LogP contribution in [0.15, 0.2) is 36.4 Å². The second kappa shape index (κ2) is 7.49. The van der Waals surface area contributed by atoms with Gasteiger partial charge in [0, 0.05) is 0 Å². The molecule has 1 amide bonds. The Balaban J connectivity index is 2.06. The van der Waals surface area contributed by atoms with E-state index in [0.29, 0.717) is 6.07 Å². The van der Waals surface area contributed by atoms with Crippen molar-refractivity contribution in [1.82, 2.24) is 0 Å². The standard InChI is InChI=1S/C17H11F3N2O3/c1-9(25-17(24)11-4-2-3-10(7-11)8-21)16(23)22-13-6-5-12(18)14(19)15(13)20/h2-7,9H,1H3,(H,22,23)/t9-/m1/s1. The Hall–Kier alpha value is -3.34. The highest BCUT2D eigenvalue weighted by Gasteiger charge is 2.22. The van der Waals surface area contributed by atoms with Crippen molar-refractivity contribution < 1.29 is 27.5 Å². The first-order chi connectivity index (χ1) is 11.8. The van der Waals surface area contributed by atoms with E-state index < -0.39 is 41.1 Å². The first-order valence-electron chi connectivity index (χ1n) is 6.99. The first-order valence-corrected chi connectivity index (χ1v) is 6.99. The first kappa shape index (κ1) is 18.0. The monoisotopic (exact) mass is 348 g/mol. The number of carbonyl (C=O) groups excluding carboxylic acids is 2. The van der Waals surface area contributed by atoms with E-state index in [1.54, 1.807) is 0 Å². The van der Waals surface area contributed by atoms with Gasteiger partial charge in [-0.25, -0.2) is 18.0 Å². The third-order valence-corrected chi connectivity index (χ3v) is 3.17. The zero-order valence-electron chi connectivity index (χ0n) is 12.8. The number of anilines is 1. The molecule has 0 bridgehead atoms. The highest BCUT2D eigenvalue weighted by molar-refractivity contribution is 5.97. The number of nitriles is 1. The minimum absolute atomic E-state index is 0.0534. The maximum Gasteiger partial charge on any atom is 0.338 e. The number of esters is 1. The summed E-state index contributed by atoms with van der Waals surface area (Å²) in [7, 11) is 0. The van der Waals surface area contributed by atoms with Crippen LogP contribution in [0.1, 0.15) is 22.8 Å². The SMILES string of the molecule is C[C@@H](OC(=O)c1cccc(C#N)c1)C(=O)Nc1ccc(F)c(F)c1F. The zero-order valence-corrected chi connectivity index (χ0v) is 12.8. The number of rotatable bonds is 4. The number of ether oxygens (including phenoxy) is 1. The molecule has 0 saturated carbocycles. The third kappa shape index (κ3) is 4.14. The second-order valence-electron chi connectivity index (χ2n) is 4.95. The van der Waals surface area contributed by atoms with Crippen molar-refractivity contribution in [2.45, 2.75) is 13.0 Å². The number of carbonyl (C=O) groups is 2. The van der Waals surface area contributed by atoms with Gasteiger partial charge in [-0.15, -0.1) is 0 Å². The fourth-order valence-corrected chi connectivity index (χ4v) is 1.85. The summed E-state index contributed by atoms with van der Waals surface area (Å²) in [6.07, 6.45) is -1.34. The molecule has 2 aromatic carbocycles. The Morgan fingerprint density at radius 1 is 1.16 bits per heavy atom. The predicted molar refractivity (Wildman–Crippen MR) is 81.0 cm³/mol. The van der Waals surface area contributed by atoms with E-state index in [1.807, 2.05) is 11.4 Å². The fourth-order valence-electron chi connectivity index (χ4n) is 1.85. The zero-order chi connectivity index (χ0) is 18.6. The van der Waals surface area contributed by atoms with Gasteiger partial charge >= 0.3 is 5.97 Å². The minimum atomic E-state index is -1.73. The number of benzene rings is 2. The van der Waals surface area contributed by atoms with Crippen molar-refractivity contribution in [3.63, 3.8) is 0 Å². The van der Waals surface area contributed by atoms with Gasteiger partial charge in [0.2, 0.25) is 0 Å². The smallest absolute Gasteiger partial charge is 0.338 e. The molecule has 0 saturated heterocycles. The third-order valence-electron chi connectivity index (χ3n) is 3.17. The molecular formula is C17H11F3N2O3. The Kier molecular flexibility index (Phi) is 5.39. The number of hydrogen-bond acceptors (Lipinski definition) is 4. The molecule has 25 heavy (non-hydrogen) atoms. The molecule has 1 atom stereocenters. The number of nitrogens with zero attached hydrogens (tertiary/aromatic N) is 1. The lowest BCUT2D eigenvalue weighted by Gasteiger charge is -2.14. The van der Waals surface area contributed by atoms with Crippen LogP contribution in [-0.2, 0) is 9.53 Å². The maximum absolute atomic E-state index is 13.5. The summed E-state index contributed by atoms with van der Waals surface area (Å²) >= 11 is 0. The Morgan fingerprint density at radius 3 is 2.56 bits per heavy atom. The van der Waals surface area contributed by atoms with E-state index in [-0.39, 0.29) is 11.1 Å². The summed E-state index contributed by atoms with van der Waals surface area (Å²) in [6.45, 7) is 1.22. The number of nitrogens with one attached hydrogen (secondary N) is 1. The van der Waals surface area contributed by atoms with E-state index in [2.05, 4.69) is 0 Å². The van der Waals surface area contributed by atoms with Crippen LogP contribution in [0.4, 0.5) is 18.9 Å². The van der Waals surface area contributed by atoms with Crippen molar-refractivity contribution in [3.05, 3.63) is 65.0 Å². The van der Waals surface area contributed by atoms with Gasteiger partial charge in [-0.05, 0) is 37.3 Å². The van der Waals surface area contributed by atoms with Crippen LogP contribution in [0.3, 0.4) is 0 Å². The highest BCUT2D eigenvalue weighted by atomic mass is 19.2. The molecular weight excluding hydrogens is 337 g/mol. The van der Waals surface area contributed by atoms with E-state index in [1.165, 1.54) is 31.2 Å². The summed E-state index contributed by atoms with van der Waals surface area (Å²) in [4.78, 5) is 23.9. The van der Waals surface area contributed by atoms with Crippen molar-refractivity contribution in [3.8, 4) is 6.07 Å². The van der Waals surface area contributed by atoms with Crippen molar-refractivity contribution in [2.24, 2.45) is 0 Å². The second-order valence-corrected chi connectivity index (χ2v) is 4.95. The molecule has 0 unspecified atom stereocenters. The van der Waals surface area contributed by atoms with Gasteiger partial charge in [0.05, 0.1) is 22.9 Å².